The molecule has 0 atom stereocenters. The average molecular weight is 416 g/mol. The second-order valence-corrected chi connectivity index (χ2v) is 8.45. The number of morpholine rings is 1. The van der Waals surface area contributed by atoms with Gasteiger partial charge in [0, 0.05) is 24.3 Å². The summed E-state index contributed by atoms with van der Waals surface area (Å²) in [6.45, 7) is 5.18. The second-order valence-electron chi connectivity index (χ2n) is 6.51. The van der Waals surface area contributed by atoms with E-state index in [1.54, 1.807) is 43.5 Å². The van der Waals surface area contributed by atoms with Crippen molar-refractivity contribution >= 4 is 21.6 Å². The SMILES string of the molecule is C=CCc1cc(C(=O)Nc2ccc(S(=O)(=O)N3CCOCC3)cc2)ccc1OC. The van der Waals surface area contributed by atoms with Crippen molar-refractivity contribution in [3.63, 3.8) is 0 Å². The highest BCUT2D eigenvalue weighted by Gasteiger charge is 2.26. The summed E-state index contributed by atoms with van der Waals surface area (Å²) in [7, 11) is -1.98. The van der Waals surface area contributed by atoms with Crippen molar-refractivity contribution in [2.24, 2.45) is 0 Å². The fraction of sp³-hybridized carbons (Fsp3) is 0.286. The first-order chi connectivity index (χ1) is 14.0. The Morgan fingerprint density at radius 2 is 1.90 bits per heavy atom. The molecule has 0 aromatic heterocycles. The maximum atomic E-state index is 12.7. The predicted molar refractivity (Wildman–Crippen MR) is 111 cm³/mol. The van der Waals surface area contributed by atoms with E-state index in [-0.39, 0.29) is 10.8 Å². The van der Waals surface area contributed by atoms with Crippen molar-refractivity contribution in [2.75, 3.05) is 38.7 Å². The lowest BCUT2D eigenvalue weighted by molar-refractivity contribution is 0.0730. The van der Waals surface area contributed by atoms with E-state index in [1.807, 2.05) is 0 Å². The normalized spacial score (nSPS) is 14.9. The number of hydrogen-bond donors (Lipinski definition) is 1. The molecule has 0 spiro atoms. The summed E-state index contributed by atoms with van der Waals surface area (Å²) in [4.78, 5) is 12.8. The van der Waals surface area contributed by atoms with Crippen molar-refractivity contribution in [2.45, 2.75) is 11.3 Å². The number of rotatable bonds is 7. The van der Waals surface area contributed by atoms with Gasteiger partial charge in [0.15, 0.2) is 0 Å². The first-order valence-corrected chi connectivity index (χ1v) is 10.7. The monoisotopic (exact) mass is 416 g/mol. The number of benzene rings is 2. The van der Waals surface area contributed by atoms with Gasteiger partial charge in [-0.1, -0.05) is 6.08 Å². The van der Waals surface area contributed by atoms with E-state index in [4.69, 9.17) is 9.47 Å². The van der Waals surface area contributed by atoms with Gasteiger partial charge in [0.1, 0.15) is 5.75 Å². The molecule has 0 bridgehead atoms. The Hall–Kier alpha value is -2.68. The zero-order valence-corrected chi connectivity index (χ0v) is 17.1. The molecule has 7 nitrogen and oxygen atoms in total. The van der Waals surface area contributed by atoms with Crippen LogP contribution >= 0.6 is 0 Å². The van der Waals surface area contributed by atoms with Gasteiger partial charge < -0.3 is 14.8 Å². The largest absolute Gasteiger partial charge is 0.496 e. The molecule has 0 unspecified atom stereocenters. The van der Waals surface area contributed by atoms with Crippen LogP contribution in [0.5, 0.6) is 5.75 Å². The molecule has 1 N–H and O–H groups in total. The molecule has 2 aromatic rings. The van der Waals surface area contributed by atoms with Gasteiger partial charge >= 0.3 is 0 Å². The number of sulfonamides is 1. The summed E-state index contributed by atoms with van der Waals surface area (Å²) in [6, 6.07) is 11.3. The molecule has 1 fully saturated rings. The molecule has 1 amide bonds. The van der Waals surface area contributed by atoms with Crippen LogP contribution < -0.4 is 10.1 Å². The van der Waals surface area contributed by atoms with Crippen molar-refractivity contribution in [1.82, 2.24) is 4.31 Å². The van der Waals surface area contributed by atoms with Gasteiger partial charge in [0.2, 0.25) is 10.0 Å². The third-order valence-corrected chi connectivity index (χ3v) is 6.54. The molecule has 2 aromatic carbocycles. The van der Waals surface area contributed by atoms with Crippen LogP contribution in [0, 0.1) is 0 Å². The van der Waals surface area contributed by atoms with Gasteiger partial charge in [0.05, 0.1) is 25.2 Å². The van der Waals surface area contributed by atoms with E-state index in [2.05, 4.69) is 11.9 Å². The summed E-state index contributed by atoms with van der Waals surface area (Å²) < 4.78 is 37.2. The van der Waals surface area contributed by atoms with E-state index < -0.39 is 10.0 Å². The van der Waals surface area contributed by atoms with Crippen LogP contribution in [0.15, 0.2) is 60.0 Å². The lowest BCUT2D eigenvalue weighted by atomic mass is 10.1. The van der Waals surface area contributed by atoms with Gasteiger partial charge in [-0.3, -0.25) is 4.79 Å². The highest BCUT2D eigenvalue weighted by atomic mass is 32.2. The van der Waals surface area contributed by atoms with E-state index >= 15 is 0 Å². The molecule has 29 heavy (non-hydrogen) atoms. The zero-order chi connectivity index (χ0) is 20.9. The molecule has 8 heteroatoms. The minimum Gasteiger partial charge on any atom is -0.496 e. The van der Waals surface area contributed by atoms with Gasteiger partial charge in [-0.25, -0.2) is 8.42 Å². The molecular formula is C21H24N2O5S. The highest BCUT2D eigenvalue weighted by Crippen LogP contribution is 2.23. The smallest absolute Gasteiger partial charge is 0.255 e. The van der Waals surface area contributed by atoms with Crippen LogP contribution in [0.3, 0.4) is 0 Å². The Kier molecular flexibility index (Phi) is 6.68. The highest BCUT2D eigenvalue weighted by molar-refractivity contribution is 7.89. The first-order valence-electron chi connectivity index (χ1n) is 9.23. The average Bonchev–Trinajstić information content (AvgIpc) is 2.75. The lowest BCUT2D eigenvalue weighted by Gasteiger charge is -2.26. The fourth-order valence-corrected chi connectivity index (χ4v) is 4.49. The van der Waals surface area contributed by atoms with Crippen LogP contribution in [-0.4, -0.2) is 52.0 Å². The summed E-state index contributed by atoms with van der Waals surface area (Å²) >= 11 is 0. The number of nitrogens with zero attached hydrogens (tertiary/aromatic N) is 1. The number of ether oxygens (including phenoxy) is 2. The molecule has 0 radical (unpaired) electrons. The molecule has 0 saturated carbocycles. The number of allylic oxidation sites excluding steroid dienone is 1. The molecule has 1 aliphatic rings. The fourth-order valence-electron chi connectivity index (χ4n) is 3.08. The maximum Gasteiger partial charge on any atom is 0.255 e. The van der Waals surface area contributed by atoms with Gasteiger partial charge in [-0.05, 0) is 54.4 Å². The van der Waals surface area contributed by atoms with Gasteiger partial charge in [-0.15, -0.1) is 6.58 Å². The molecule has 3 rings (SSSR count). The van der Waals surface area contributed by atoms with E-state index in [9.17, 15) is 13.2 Å². The van der Waals surface area contributed by atoms with Crippen molar-refractivity contribution < 1.29 is 22.7 Å². The predicted octanol–water partition coefficient (Wildman–Crippen LogP) is 2.70. The Labute approximate surface area is 171 Å². The summed E-state index contributed by atoms with van der Waals surface area (Å²) in [5.41, 5.74) is 1.85. The minimum absolute atomic E-state index is 0.190. The summed E-state index contributed by atoms with van der Waals surface area (Å²) in [5, 5.41) is 2.79. The van der Waals surface area contributed by atoms with Crippen LogP contribution in [-0.2, 0) is 21.2 Å². The van der Waals surface area contributed by atoms with Crippen LogP contribution in [0.1, 0.15) is 15.9 Å². The van der Waals surface area contributed by atoms with Crippen molar-refractivity contribution in [3.8, 4) is 5.75 Å². The van der Waals surface area contributed by atoms with Crippen molar-refractivity contribution in [1.29, 1.82) is 0 Å². The minimum atomic E-state index is -3.56. The zero-order valence-electron chi connectivity index (χ0n) is 16.3. The molecule has 154 valence electrons. The number of carbonyl (C=O) groups is 1. The van der Waals surface area contributed by atoms with Gasteiger partial charge in [0.25, 0.3) is 5.91 Å². The number of anilines is 1. The standard InChI is InChI=1S/C21H24N2O5S/c1-3-4-16-15-17(5-10-20(16)27-2)21(24)22-18-6-8-19(9-7-18)29(25,26)23-11-13-28-14-12-23/h3,5-10,15H,1,4,11-14H2,2H3,(H,22,24). The third-order valence-electron chi connectivity index (χ3n) is 4.63. The maximum absolute atomic E-state index is 12.7. The Bertz CT molecular complexity index is 981. The molecular weight excluding hydrogens is 392 g/mol. The number of nitrogens with one attached hydrogen (secondary N) is 1. The number of hydrogen-bond acceptors (Lipinski definition) is 5. The third kappa shape index (κ3) is 4.84. The quantitative estimate of drug-likeness (QED) is 0.702. The van der Waals surface area contributed by atoms with Crippen molar-refractivity contribution in [3.05, 3.63) is 66.2 Å². The molecule has 0 aliphatic carbocycles. The van der Waals surface area contributed by atoms with Gasteiger partial charge in [-0.2, -0.15) is 4.31 Å². The Balaban J connectivity index is 1.73. The van der Waals surface area contributed by atoms with Crippen LogP contribution in [0.2, 0.25) is 0 Å². The lowest BCUT2D eigenvalue weighted by Crippen LogP contribution is -2.40. The Morgan fingerprint density at radius 3 is 2.52 bits per heavy atom. The number of amides is 1. The van der Waals surface area contributed by atoms with E-state index in [1.165, 1.54) is 16.4 Å². The van der Waals surface area contributed by atoms with Crippen LogP contribution in [0.25, 0.3) is 0 Å². The second kappa shape index (κ2) is 9.21. The summed E-state index contributed by atoms with van der Waals surface area (Å²) in [5.74, 6) is 0.404. The molecule has 1 aliphatic heterocycles. The molecule has 1 saturated heterocycles. The Morgan fingerprint density at radius 1 is 1.21 bits per heavy atom. The molecule has 1 heterocycles. The topological polar surface area (TPSA) is 84.9 Å². The van der Waals surface area contributed by atoms with Crippen LogP contribution in [0.4, 0.5) is 5.69 Å². The number of carbonyl (C=O) groups excluding carboxylic acids is 1. The number of methoxy groups -OCH3 is 1. The first kappa shape index (κ1) is 21.0. The van der Waals surface area contributed by atoms with E-state index in [0.717, 1.165) is 5.56 Å². The van der Waals surface area contributed by atoms with E-state index in [0.29, 0.717) is 49.7 Å². The summed E-state index contributed by atoms with van der Waals surface area (Å²) in [6.07, 6.45) is 2.32.